The smallest absolute Gasteiger partial charge is 0.255 e. The van der Waals surface area contributed by atoms with Crippen molar-refractivity contribution in [1.29, 1.82) is 0 Å². The number of aliphatic hydroxyl groups excluding tert-OH is 1. The molecule has 3 N–H and O–H groups in total. The molecule has 1 heterocycles. The van der Waals surface area contributed by atoms with Crippen LogP contribution in [0.1, 0.15) is 41.6 Å². The van der Waals surface area contributed by atoms with Gasteiger partial charge in [0, 0.05) is 36.1 Å². The molecule has 3 aromatic rings. The SMILES string of the molecule is O=C(Nc1ccc(F)c(F)c1)c1ccc(Cl)c(S(=O)(=O)C2CC3CCC(C2)C3(O)C(O)Cc2ccncc2)c1. The van der Waals surface area contributed by atoms with E-state index in [9.17, 15) is 32.2 Å². The Kier molecular flexibility index (Phi) is 7.49. The van der Waals surface area contributed by atoms with E-state index >= 15 is 0 Å². The van der Waals surface area contributed by atoms with Crippen LogP contribution in [0.25, 0.3) is 0 Å². The highest BCUT2D eigenvalue weighted by molar-refractivity contribution is 7.92. The first kappa shape index (κ1) is 27.6. The Labute approximate surface area is 229 Å². The maximum atomic E-state index is 13.8. The van der Waals surface area contributed by atoms with Gasteiger partial charge in [0.2, 0.25) is 0 Å². The summed E-state index contributed by atoms with van der Waals surface area (Å²) in [5.41, 5.74) is -0.603. The standard InChI is InChI=1S/C28H27ClF2N2O5S/c29-22-5-1-17(27(35)33-20-4-6-23(30)24(31)15-20)12-25(22)39(37,38)21-13-18-2-3-19(14-21)28(18,36)26(34)11-16-7-9-32-10-8-16/h1,4-10,12,15,18-19,21,26,34,36H,2-3,11,13-14H2,(H,33,35). The summed E-state index contributed by atoms with van der Waals surface area (Å²) in [4.78, 5) is 16.5. The summed E-state index contributed by atoms with van der Waals surface area (Å²) in [6.07, 6.45) is 3.85. The Balaban J connectivity index is 1.35. The second-order valence-electron chi connectivity index (χ2n) is 10.3. The van der Waals surface area contributed by atoms with Crippen molar-refractivity contribution >= 4 is 33.0 Å². The number of carbonyl (C=O) groups excluding carboxylic acids is 1. The third kappa shape index (κ3) is 5.18. The molecular formula is C28H27ClF2N2O5S. The van der Waals surface area contributed by atoms with Gasteiger partial charge in [-0.2, -0.15) is 0 Å². The summed E-state index contributed by atoms with van der Waals surface area (Å²) in [5.74, 6) is -3.76. The van der Waals surface area contributed by atoms with E-state index < -0.39 is 56.2 Å². The first-order chi connectivity index (χ1) is 18.5. The molecule has 39 heavy (non-hydrogen) atoms. The number of halogens is 3. The normalized spacial score (nSPS) is 25.3. The number of benzene rings is 2. The molecule has 0 saturated heterocycles. The number of anilines is 1. The van der Waals surface area contributed by atoms with Crippen molar-refractivity contribution < 1.29 is 32.2 Å². The molecule has 11 heteroatoms. The first-order valence-electron chi connectivity index (χ1n) is 12.6. The number of aliphatic hydroxyl groups is 2. The molecule has 2 bridgehead atoms. The molecule has 0 aliphatic heterocycles. The van der Waals surface area contributed by atoms with Gasteiger partial charge in [0.25, 0.3) is 5.91 Å². The zero-order valence-corrected chi connectivity index (χ0v) is 22.3. The quantitative estimate of drug-likeness (QED) is 0.380. The van der Waals surface area contributed by atoms with Crippen LogP contribution in [0.4, 0.5) is 14.5 Å². The van der Waals surface area contributed by atoms with Crippen molar-refractivity contribution in [3.8, 4) is 0 Å². The van der Waals surface area contributed by atoms with Crippen LogP contribution in [-0.2, 0) is 16.3 Å². The minimum Gasteiger partial charge on any atom is -0.390 e. The van der Waals surface area contributed by atoms with Gasteiger partial charge in [-0.25, -0.2) is 17.2 Å². The lowest BCUT2D eigenvalue weighted by atomic mass is 9.70. The van der Waals surface area contributed by atoms with E-state index in [4.69, 9.17) is 11.6 Å². The van der Waals surface area contributed by atoms with Gasteiger partial charge in [-0.05, 0) is 85.5 Å². The zero-order chi connectivity index (χ0) is 27.9. The van der Waals surface area contributed by atoms with Crippen molar-refractivity contribution in [3.63, 3.8) is 0 Å². The van der Waals surface area contributed by atoms with E-state index in [1.54, 1.807) is 24.5 Å². The summed E-state index contributed by atoms with van der Waals surface area (Å²) in [7, 11) is -4.02. The molecule has 5 rings (SSSR count). The second-order valence-corrected chi connectivity index (χ2v) is 12.9. The van der Waals surface area contributed by atoms with E-state index in [2.05, 4.69) is 10.3 Å². The summed E-state index contributed by atoms with van der Waals surface area (Å²) in [6, 6.07) is 10.2. The molecule has 2 saturated carbocycles. The molecule has 2 fully saturated rings. The number of pyridine rings is 1. The lowest BCUT2D eigenvalue weighted by Crippen LogP contribution is -2.56. The van der Waals surface area contributed by atoms with Gasteiger partial charge in [-0.3, -0.25) is 9.78 Å². The number of aromatic nitrogens is 1. The minimum atomic E-state index is -4.02. The molecular weight excluding hydrogens is 550 g/mol. The number of hydrogen-bond acceptors (Lipinski definition) is 6. The van der Waals surface area contributed by atoms with Crippen molar-refractivity contribution in [2.24, 2.45) is 11.8 Å². The number of nitrogens with one attached hydrogen (secondary N) is 1. The van der Waals surface area contributed by atoms with Gasteiger partial charge in [0.05, 0.1) is 26.9 Å². The lowest BCUT2D eigenvalue weighted by Gasteiger charge is -2.45. The highest BCUT2D eigenvalue weighted by atomic mass is 35.5. The van der Waals surface area contributed by atoms with Gasteiger partial charge in [-0.15, -0.1) is 0 Å². The Morgan fingerprint density at radius 3 is 2.36 bits per heavy atom. The Bertz CT molecular complexity index is 1490. The van der Waals surface area contributed by atoms with E-state index in [0.717, 1.165) is 17.7 Å². The van der Waals surface area contributed by atoms with Crippen LogP contribution in [0.5, 0.6) is 0 Å². The Hall–Kier alpha value is -2.92. The van der Waals surface area contributed by atoms with Crippen LogP contribution in [0.3, 0.4) is 0 Å². The number of nitrogens with zero attached hydrogens (tertiary/aromatic N) is 1. The molecule has 2 aliphatic carbocycles. The van der Waals surface area contributed by atoms with Crippen LogP contribution in [0, 0.1) is 23.5 Å². The van der Waals surface area contributed by atoms with Crippen molar-refractivity contribution in [2.45, 2.75) is 54.0 Å². The monoisotopic (exact) mass is 576 g/mol. The summed E-state index contributed by atoms with van der Waals surface area (Å²) < 4.78 is 54.3. The maximum Gasteiger partial charge on any atom is 0.255 e. The lowest BCUT2D eigenvalue weighted by molar-refractivity contribution is -0.141. The average molecular weight is 577 g/mol. The number of fused-ring (bicyclic) bond motifs is 2. The Morgan fingerprint density at radius 1 is 1.05 bits per heavy atom. The summed E-state index contributed by atoms with van der Waals surface area (Å²) >= 11 is 6.29. The molecule has 1 aromatic heterocycles. The minimum absolute atomic E-state index is 0.00622. The third-order valence-corrected chi connectivity index (χ3v) is 10.7. The highest BCUT2D eigenvalue weighted by Gasteiger charge is 2.58. The van der Waals surface area contributed by atoms with Gasteiger partial charge in [-0.1, -0.05) is 11.6 Å². The van der Waals surface area contributed by atoms with Gasteiger partial charge >= 0.3 is 0 Å². The molecule has 3 atom stereocenters. The van der Waals surface area contributed by atoms with Crippen molar-refractivity contribution in [3.05, 3.63) is 88.7 Å². The maximum absolute atomic E-state index is 13.8. The average Bonchev–Trinajstić information content (AvgIpc) is 3.07. The van der Waals surface area contributed by atoms with Gasteiger partial charge < -0.3 is 15.5 Å². The molecule has 1 amide bonds. The van der Waals surface area contributed by atoms with Crippen molar-refractivity contribution in [2.75, 3.05) is 5.32 Å². The molecule has 7 nitrogen and oxygen atoms in total. The molecule has 0 radical (unpaired) electrons. The molecule has 3 unspecified atom stereocenters. The fourth-order valence-electron chi connectivity index (χ4n) is 6.06. The van der Waals surface area contributed by atoms with E-state index in [0.29, 0.717) is 12.8 Å². The summed E-state index contributed by atoms with van der Waals surface area (Å²) in [5, 5.41) is 24.2. The fraction of sp³-hybridized carbons (Fsp3) is 0.357. The van der Waals surface area contributed by atoms with Crippen LogP contribution >= 0.6 is 11.6 Å². The number of amides is 1. The third-order valence-electron chi connectivity index (χ3n) is 8.09. The topological polar surface area (TPSA) is 117 Å². The highest BCUT2D eigenvalue weighted by Crippen LogP contribution is 2.54. The fourth-order valence-corrected chi connectivity index (χ4v) is 8.47. The molecule has 0 spiro atoms. The van der Waals surface area contributed by atoms with Crippen molar-refractivity contribution in [1.82, 2.24) is 4.98 Å². The molecule has 2 aromatic carbocycles. The predicted molar refractivity (Wildman–Crippen MR) is 141 cm³/mol. The van der Waals surface area contributed by atoms with E-state index in [1.807, 2.05) is 0 Å². The number of sulfone groups is 1. The first-order valence-corrected chi connectivity index (χ1v) is 14.5. The summed E-state index contributed by atoms with van der Waals surface area (Å²) in [6.45, 7) is 0. The number of rotatable bonds is 7. The predicted octanol–water partition coefficient (Wildman–Crippen LogP) is 4.56. The van der Waals surface area contributed by atoms with Crippen LogP contribution in [0.2, 0.25) is 5.02 Å². The second kappa shape index (κ2) is 10.6. The van der Waals surface area contributed by atoms with E-state index in [-0.39, 0.29) is 40.4 Å². The number of carbonyl (C=O) groups is 1. The zero-order valence-electron chi connectivity index (χ0n) is 20.7. The van der Waals surface area contributed by atoms with E-state index in [1.165, 1.54) is 24.3 Å². The molecule has 2 aliphatic rings. The van der Waals surface area contributed by atoms with Crippen LogP contribution < -0.4 is 5.32 Å². The molecule has 206 valence electrons. The van der Waals surface area contributed by atoms with Gasteiger partial charge in [0.1, 0.15) is 0 Å². The largest absolute Gasteiger partial charge is 0.390 e. The van der Waals surface area contributed by atoms with Crippen LogP contribution in [-0.4, -0.2) is 46.5 Å². The Morgan fingerprint density at radius 2 is 1.72 bits per heavy atom. The number of hydrogen-bond donors (Lipinski definition) is 3. The van der Waals surface area contributed by atoms with Crippen LogP contribution in [0.15, 0.2) is 65.8 Å². The van der Waals surface area contributed by atoms with Gasteiger partial charge in [0.15, 0.2) is 21.5 Å².